The van der Waals surface area contributed by atoms with Crippen LogP contribution in [0.2, 0.25) is 0 Å². The van der Waals surface area contributed by atoms with Crippen molar-refractivity contribution in [3.05, 3.63) is 53.6 Å². The summed E-state index contributed by atoms with van der Waals surface area (Å²) in [5, 5.41) is 18.8. The Morgan fingerprint density at radius 1 is 1.08 bits per heavy atom. The maximum atomic E-state index is 12.4. The van der Waals surface area contributed by atoms with Crippen molar-refractivity contribution in [2.24, 2.45) is 0 Å². The summed E-state index contributed by atoms with van der Waals surface area (Å²) in [6.45, 7) is 0.174. The Bertz CT molecular complexity index is 749. The Kier molecular flexibility index (Phi) is 6.42. The average Bonchev–Trinajstić information content (AvgIpc) is 2.64. The molecule has 25 heavy (non-hydrogen) atoms. The van der Waals surface area contributed by atoms with Gasteiger partial charge in [-0.1, -0.05) is 18.2 Å². The van der Waals surface area contributed by atoms with Crippen molar-refractivity contribution in [1.29, 1.82) is 0 Å². The summed E-state index contributed by atoms with van der Waals surface area (Å²) in [6.07, 6.45) is 2.98. The van der Waals surface area contributed by atoms with Crippen molar-refractivity contribution in [2.75, 3.05) is 27.4 Å². The number of ether oxygens (including phenoxy) is 3. The van der Waals surface area contributed by atoms with Gasteiger partial charge in [0.2, 0.25) is 0 Å². The molecule has 0 aromatic heterocycles. The summed E-state index contributed by atoms with van der Waals surface area (Å²) in [7, 11) is 2.88. The minimum absolute atomic E-state index is 0.0522. The molecule has 0 spiro atoms. The van der Waals surface area contributed by atoms with Crippen molar-refractivity contribution >= 4 is 11.9 Å². The molecule has 0 unspecified atom stereocenters. The van der Waals surface area contributed by atoms with Gasteiger partial charge in [0.25, 0.3) is 0 Å². The van der Waals surface area contributed by atoms with Crippen molar-refractivity contribution in [2.45, 2.75) is 0 Å². The molecule has 0 aliphatic rings. The van der Waals surface area contributed by atoms with Crippen LogP contribution in [0.4, 0.5) is 0 Å². The SMILES string of the molecule is COc1cc(O)c(C(=O)/C=C/c2ccc(OCCO)cc2)c(OC)c1. The molecule has 132 valence electrons. The largest absolute Gasteiger partial charge is 0.507 e. The lowest BCUT2D eigenvalue weighted by Crippen LogP contribution is -2.01. The van der Waals surface area contributed by atoms with Crippen LogP contribution in [0.1, 0.15) is 15.9 Å². The molecule has 2 N–H and O–H groups in total. The van der Waals surface area contributed by atoms with Crippen LogP contribution in [0.25, 0.3) is 6.08 Å². The Balaban J connectivity index is 2.17. The van der Waals surface area contributed by atoms with Gasteiger partial charge in [-0.25, -0.2) is 0 Å². The van der Waals surface area contributed by atoms with E-state index in [0.29, 0.717) is 11.5 Å². The molecule has 2 aromatic carbocycles. The van der Waals surface area contributed by atoms with Crippen molar-refractivity contribution in [3.63, 3.8) is 0 Å². The van der Waals surface area contributed by atoms with E-state index in [-0.39, 0.29) is 30.3 Å². The lowest BCUT2D eigenvalue weighted by molar-refractivity contribution is 0.104. The first-order valence-corrected chi connectivity index (χ1v) is 7.60. The average molecular weight is 344 g/mol. The Labute approximate surface area is 145 Å². The molecular formula is C19H20O6. The van der Waals surface area contributed by atoms with Gasteiger partial charge in [-0.15, -0.1) is 0 Å². The number of aliphatic hydroxyl groups is 1. The molecule has 0 bridgehead atoms. The highest BCUT2D eigenvalue weighted by atomic mass is 16.5. The predicted molar refractivity (Wildman–Crippen MR) is 93.6 cm³/mol. The summed E-state index contributed by atoms with van der Waals surface area (Å²) >= 11 is 0. The number of allylic oxidation sites excluding steroid dienone is 1. The Morgan fingerprint density at radius 3 is 2.40 bits per heavy atom. The van der Waals surface area contributed by atoms with Crippen LogP contribution in [-0.2, 0) is 0 Å². The van der Waals surface area contributed by atoms with E-state index < -0.39 is 5.78 Å². The molecule has 0 atom stereocenters. The molecule has 0 heterocycles. The van der Waals surface area contributed by atoms with Gasteiger partial charge >= 0.3 is 0 Å². The number of carbonyl (C=O) groups excluding carboxylic acids is 1. The lowest BCUT2D eigenvalue weighted by Gasteiger charge is -2.10. The highest BCUT2D eigenvalue weighted by Gasteiger charge is 2.17. The van der Waals surface area contributed by atoms with Gasteiger partial charge in [0.15, 0.2) is 5.78 Å². The Morgan fingerprint density at radius 2 is 1.80 bits per heavy atom. The third kappa shape index (κ3) is 4.74. The second kappa shape index (κ2) is 8.75. The number of ketones is 1. The Hall–Kier alpha value is -2.99. The quantitative estimate of drug-likeness (QED) is 0.566. The summed E-state index contributed by atoms with van der Waals surface area (Å²) in [5.41, 5.74) is 0.860. The van der Waals surface area contributed by atoms with Crippen molar-refractivity contribution in [1.82, 2.24) is 0 Å². The number of methoxy groups -OCH3 is 2. The van der Waals surface area contributed by atoms with Crippen LogP contribution in [0.15, 0.2) is 42.5 Å². The topological polar surface area (TPSA) is 85.2 Å². The number of phenols is 1. The smallest absolute Gasteiger partial charge is 0.193 e. The molecule has 2 rings (SSSR count). The second-order valence-corrected chi connectivity index (χ2v) is 5.06. The number of hydrogen-bond acceptors (Lipinski definition) is 6. The monoisotopic (exact) mass is 344 g/mol. The normalized spacial score (nSPS) is 10.7. The van der Waals surface area contributed by atoms with Crippen LogP contribution in [0.3, 0.4) is 0 Å². The highest BCUT2D eigenvalue weighted by Crippen LogP contribution is 2.33. The number of aliphatic hydroxyl groups excluding tert-OH is 1. The molecule has 0 amide bonds. The summed E-state index contributed by atoms with van der Waals surface area (Å²) in [6, 6.07) is 9.94. The first-order valence-electron chi connectivity index (χ1n) is 7.60. The summed E-state index contributed by atoms with van der Waals surface area (Å²) < 4.78 is 15.5. The molecule has 0 radical (unpaired) electrons. The molecule has 0 aliphatic heterocycles. The van der Waals surface area contributed by atoms with Crippen molar-refractivity contribution in [3.8, 4) is 23.0 Å². The van der Waals surface area contributed by atoms with Crippen LogP contribution >= 0.6 is 0 Å². The zero-order chi connectivity index (χ0) is 18.2. The number of carbonyl (C=O) groups is 1. The second-order valence-electron chi connectivity index (χ2n) is 5.06. The van der Waals surface area contributed by atoms with Crippen molar-refractivity contribution < 1.29 is 29.2 Å². The van der Waals surface area contributed by atoms with Gasteiger partial charge in [-0.2, -0.15) is 0 Å². The molecule has 0 saturated carbocycles. The van der Waals surface area contributed by atoms with E-state index in [0.717, 1.165) is 5.56 Å². The molecule has 0 saturated heterocycles. The van der Waals surface area contributed by atoms with E-state index in [1.165, 1.54) is 32.4 Å². The van der Waals surface area contributed by atoms with E-state index in [4.69, 9.17) is 19.3 Å². The van der Waals surface area contributed by atoms with Crippen LogP contribution in [0, 0.1) is 0 Å². The molecule has 0 fully saturated rings. The zero-order valence-electron chi connectivity index (χ0n) is 14.1. The van der Waals surface area contributed by atoms with Crippen LogP contribution in [0.5, 0.6) is 23.0 Å². The summed E-state index contributed by atoms with van der Waals surface area (Å²) in [5.74, 6) is 0.663. The van der Waals surface area contributed by atoms with Gasteiger partial charge in [-0.3, -0.25) is 4.79 Å². The molecular weight excluding hydrogens is 324 g/mol. The van der Waals surface area contributed by atoms with E-state index in [1.807, 2.05) is 0 Å². The minimum Gasteiger partial charge on any atom is -0.507 e. The summed E-state index contributed by atoms with van der Waals surface area (Å²) in [4.78, 5) is 12.4. The fraction of sp³-hybridized carbons (Fsp3) is 0.211. The first kappa shape index (κ1) is 18.4. The molecule has 2 aromatic rings. The molecule has 6 nitrogen and oxygen atoms in total. The third-order valence-corrected chi connectivity index (χ3v) is 3.42. The maximum absolute atomic E-state index is 12.4. The number of phenolic OH excluding ortho intramolecular Hbond substituents is 1. The lowest BCUT2D eigenvalue weighted by atomic mass is 10.1. The minimum atomic E-state index is -0.391. The predicted octanol–water partition coefficient (Wildman–Crippen LogP) is 2.68. The van der Waals surface area contributed by atoms with Crippen LogP contribution in [-0.4, -0.2) is 43.4 Å². The van der Waals surface area contributed by atoms with Crippen LogP contribution < -0.4 is 14.2 Å². The number of aromatic hydroxyl groups is 1. The fourth-order valence-electron chi connectivity index (χ4n) is 2.20. The number of hydrogen-bond donors (Lipinski definition) is 2. The molecule has 6 heteroatoms. The van der Waals surface area contributed by atoms with E-state index >= 15 is 0 Å². The fourth-order valence-corrected chi connectivity index (χ4v) is 2.20. The van der Waals surface area contributed by atoms with E-state index in [2.05, 4.69) is 0 Å². The highest BCUT2D eigenvalue weighted by molar-refractivity contribution is 6.10. The zero-order valence-corrected chi connectivity index (χ0v) is 14.1. The van der Waals surface area contributed by atoms with E-state index in [1.54, 1.807) is 30.3 Å². The first-order chi connectivity index (χ1) is 12.1. The van der Waals surface area contributed by atoms with Gasteiger partial charge in [0, 0.05) is 12.1 Å². The van der Waals surface area contributed by atoms with Gasteiger partial charge in [-0.05, 0) is 23.8 Å². The van der Waals surface area contributed by atoms with Gasteiger partial charge in [0.1, 0.15) is 35.2 Å². The number of rotatable bonds is 8. The van der Waals surface area contributed by atoms with E-state index in [9.17, 15) is 9.90 Å². The number of benzene rings is 2. The van der Waals surface area contributed by atoms with Gasteiger partial charge < -0.3 is 24.4 Å². The molecule has 0 aliphatic carbocycles. The standard InChI is InChI=1S/C19H20O6/c1-23-15-11-17(22)19(18(12-15)24-2)16(21)8-5-13-3-6-14(7-4-13)25-10-9-20/h3-8,11-12,20,22H,9-10H2,1-2H3/b8-5+. The maximum Gasteiger partial charge on any atom is 0.193 e. The van der Waals surface area contributed by atoms with Gasteiger partial charge in [0.05, 0.1) is 20.8 Å². The third-order valence-electron chi connectivity index (χ3n) is 3.42.